The van der Waals surface area contributed by atoms with E-state index in [0.29, 0.717) is 11.1 Å². The molecule has 0 aliphatic carbocycles. The van der Waals surface area contributed by atoms with Gasteiger partial charge in [0.05, 0.1) is 6.10 Å². The van der Waals surface area contributed by atoms with Gasteiger partial charge in [0.2, 0.25) is 0 Å². The molecule has 0 saturated carbocycles. The molecule has 106 valence electrons. The van der Waals surface area contributed by atoms with E-state index in [2.05, 4.69) is 5.32 Å². The fourth-order valence-corrected chi connectivity index (χ4v) is 1.85. The van der Waals surface area contributed by atoms with Crippen molar-refractivity contribution in [2.24, 2.45) is 0 Å². The molecule has 2 N–H and O–H groups in total. The molecule has 0 aromatic heterocycles. The van der Waals surface area contributed by atoms with Crippen molar-refractivity contribution >= 4 is 5.69 Å². The molecule has 0 heterocycles. The fraction of sp³-hybridized carbons (Fsp3) is 0.200. The molecule has 0 aliphatic heterocycles. The maximum Gasteiger partial charge on any atom is 0.152 e. The van der Waals surface area contributed by atoms with Crippen molar-refractivity contribution in [2.75, 3.05) is 11.9 Å². The van der Waals surface area contributed by atoms with E-state index in [-0.39, 0.29) is 12.2 Å². The number of hydrogen-bond acceptors (Lipinski definition) is 2. The van der Waals surface area contributed by atoms with E-state index < -0.39 is 23.6 Å². The molecule has 2 nitrogen and oxygen atoms in total. The Bertz CT molecular complexity index is 616. The lowest BCUT2D eigenvalue weighted by atomic mass is 10.1. The molecule has 0 radical (unpaired) electrons. The van der Waals surface area contributed by atoms with E-state index in [9.17, 15) is 18.3 Å². The minimum Gasteiger partial charge on any atom is -0.387 e. The van der Waals surface area contributed by atoms with Crippen molar-refractivity contribution < 1.29 is 18.3 Å². The molecule has 0 aliphatic rings. The van der Waals surface area contributed by atoms with Crippen LogP contribution in [-0.2, 0) is 0 Å². The third-order valence-corrected chi connectivity index (χ3v) is 2.99. The molecule has 0 spiro atoms. The first-order valence-electron chi connectivity index (χ1n) is 6.11. The molecule has 0 fully saturated rings. The molecular formula is C15H14F3NO. The van der Waals surface area contributed by atoms with Crippen LogP contribution in [0.25, 0.3) is 0 Å². The minimum atomic E-state index is -1.06. The van der Waals surface area contributed by atoms with Crippen LogP contribution in [0.15, 0.2) is 36.4 Å². The first kappa shape index (κ1) is 14.4. The van der Waals surface area contributed by atoms with E-state index in [1.165, 1.54) is 31.2 Å². The van der Waals surface area contributed by atoms with Gasteiger partial charge in [0.15, 0.2) is 5.82 Å². The number of rotatable bonds is 4. The van der Waals surface area contributed by atoms with Crippen LogP contribution in [-0.4, -0.2) is 11.7 Å². The summed E-state index contributed by atoms with van der Waals surface area (Å²) in [4.78, 5) is 0. The summed E-state index contributed by atoms with van der Waals surface area (Å²) in [5.41, 5.74) is 0.348. The van der Waals surface area contributed by atoms with Crippen LogP contribution in [0.5, 0.6) is 0 Å². The van der Waals surface area contributed by atoms with Crippen molar-refractivity contribution in [2.45, 2.75) is 13.0 Å². The molecule has 0 amide bonds. The highest BCUT2D eigenvalue weighted by atomic mass is 19.1. The number of hydrogen-bond donors (Lipinski definition) is 2. The third kappa shape index (κ3) is 3.11. The standard InChI is InChI=1S/C15H14F3NO/c1-9-5-6-12(17)15(14(9)18)19-8-13(20)10-3-2-4-11(16)7-10/h2-7,13,19-20H,8H2,1H3. The number of nitrogens with one attached hydrogen (secondary N) is 1. The second-order valence-electron chi connectivity index (χ2n) is 4.50. The Morgan fingerprint density at radius 2 is 1.90 bits per heavy atom. The average Bonchev–Trinajstić information content (AvgIpc) is 2.43. The van der Waals surface area contributed by atoms with Gasteiger partial charge in [-0.2, -0.15) is 0 Å². The van der Waals surface area contributed by atoms with Gasteiger partial charge in [-0.15, -0.1) is 0 Å². The minimum absolute atomic E-state index is 0.124. The second-order valence-corrected chi connectivity index (χ2v) is 4.50. The van der Waals surface area contributed by atoms with Gasteiger partial charge >= 0.3 is 0 Å². The highest BCUT2D eigenvalue weighted by Crippen LogP contribution is 2.23. The lowest BCUT2D eigenvalue weighted by Crippen LogP contribution is -2.14. The van der Waals surface area contributed by atoms with Crippen LogP contribution in [0.4, 0.5) is 18.9 Å². The normalized spacial score (nSPS) is 12.2. The van der Waals surface area contributed by atoms with Crippen LogP contribution in [0.2, 0.25) is 0 Å². The van der Waals surface area contributed by atoms with Gasteiger partial charge in [-0.3, -0.25) is 0 Å². The van der Waals surface area contributed by atoms with Crippen molar-refractivity contribution in [3.8, 4) is 0 Å². The smallest absolute Gasteiger partial charge is 0.152 e. The van der Waals surface area contributed by atoms with Crippen LogP contribution in [0.3, 0.4) is 0 Å². The zero-order valence-electron chi connectivity index (χ0n) is 10.8. The monoisotopic (exact) mass is 281 g/mol. The molecule has 0 saturated heterocycles. The van der Waals surface area contributed by atoms with Crippen molar-refractivity contribution in [1.82, 2.24) is 0 Å². The largest absolute Gasteiger partial charge is 0.387 e. The van der Waals surface area contributed by atoms with E-state index >= 15 is 0 Å². The highest BCUT2D eigenvalue weighted by molar-refractivity contribution is 5.49. The zero-order chi connectivity index (χ0) is 14.7. The van der Waals surface area contributed by atoms with Crippen LogP contribution < -0.4 is 5.32 Å². The van der Waals surface area contributed by atoms with Crippen LogP contribution >= 0.6 is 0 Å². The summed E-state index contributed by atoms with van der Waals surface area (Å²) in [6.45, 7) is 1.39. The summed E-state index contributed by atoms with van der Waals surface area (Å²) in [5.74, 6) is -1.91. The maximum absolute atomic E-state index is 13.7. The molecule has 2 aromatic carbocycles. The number of anilines is 1. The number of aliphatic hydroxyl groups is 1. The third-order valence-electron chi connectivity index (χ3n) is 2.99. The molecule has 2 aromatic rings. The van der Waals surface area contributed by atoms with E-state index in [4.69, 9.17) is 0 Å². The first-order valence-corrected chi connectivity index (χ1v) is 6.11. The number of halogens is 3. The summed E-state index contributed by atoms with van der Waals surface area (Å²) in [6, 6.07) is 7.91. The van der Waals surface area contributed by atoms with E-state index in [1.807, 2.05) is 0 Å². The number of aliphatic hydroxyl groups excluding tert-OH is 1. The maximum atomic E-state index is 13.7. The Morgan fingerprint density at radius 3 is 2.60 bits per heavy atom. The first-order chi connectivity index (χ1) is 9.49. The Hall–Kier alpha value is -2.01. The summed E-state index contributed by atoms with van der Waals surface area (Å²) in [6.07, 6.45) is -1.06. The average molecular weight is 281 g/mol. The van der Waals surface area contributed by atoms with E-state index in [1.54, 1.807) is 6.07 Å². The summed E-state index contributed by atoms with van der Waals surface area (Å²) < 4.78 is 40.3. The lowest BCUT2D eigenvalue weighted by Gasteiger charge is -2.15. The molecule has 1 atom stereocenters. The molecule has 0 bridgehead atoms. The van der Waals surface area contributed by atoms with Gasteiger partial charge in [-0.25, -0.2) is 13.2 Å². The lowest BCUT2D eigenvalue weighted by molar-refractivity contribution is 0.191. The highest BCUT2D eigenvalue weighted by Gasteiger charge is 2.14. The van der Waals surface area contributed by atoms with Crippen LogP contribution in [0, 0.1) is 24.4 Å². The van der Waals surface area contributed by atoms with Gasteiger partial charge in [0, 0.05) is 6.54 Å². The number of benzene rings is 2. The van der Waals surface area contributed by atoms with Gasteiger partial charge in [-0.05, 0) is 36.2 Å². The zero-order valence-corrected chi connectivity index (χ0v) is 10.8. The Morgan fingerprint density at radius 1 is 1.15 bits per heavy atom. The molecule has 1 unspecified atom stereocenters. The topological polar surface area (TPSA) is 32.3 Å². The molecular weight excluding hydrogens is 267 g/mol. The molecule has 5 heteroatoms. The predicted octanol–water partition coefficient (Wildman–Crippen LogP) is 3.56. The predicted molar refractivity (Wildman–Crippen MR) is 70.9 cm³/mol. The van der Waals surface area contributed by atoms with Gasteiger partial charge in [-0.1, -0.05) is 18.2 Å². The van der Waals surface area contributed by atoms with Crippen molar-refractivity contribution in [3.05, 3.63) is 65.0 Å². The Labute approximate surface area is 114 Å². The summed E-state index contributed by atoms with van der Waals surface area (Å²) >= 11 is 0. The molecule has 20 heavy (non-hydrogen) atoms. The van der Waals surface area contributed by atoms with Crippen molar-refractivity contribution in [3.63, 3.8) is 0 Å². The van der Waals surface area contributed by atoms with Crippen molar-refractivity contribution in [1.29, 1.82) is 0 Å². The van der Waals surface area contributed by atoms with E-state index in [0.717, 1.165) is 6.07 Å². The Kier molecular flexibility index (Phi) is 4.29. The summed E-state index contributed by atoms with van der Waals surface area (Å²) in [5, 5.41) is 12.4. The fourth-order valence-electron chi connectivity index (χ4n) is 1.85. The molecule has 2 rings (SSSR count). The summed E-state index contributed by atoms with van der Waals surface area (Å²) in [7, 11) is 0. The van der Waals surface area contributed by atoms with Gasteiger partial charge in [0.1, 0.15) is 17.3 Å². The van der Waals surface area contributed by atoms with Gasteiger partial charge < -0.3 is 10.4 Å². The second kappa shape index (κ2) is 5.96. The Balaban J connectivity index is 2.11. The number of aryl methyl sites for hydroxylation is 1. The van der Waals surface area contributed by atoms with Gasteiger partial charge in [0.25, 0.3) is 0 Å². The van der Waals surface area contributed by atoms with Crippen LogP contribution in [0.1, 0.15) is 17.2 Å². The quantitative estimate of drug-likeness (QED) is 0.898. The SMILES string of the molecule is Cc1ccc(F)c(NCC(O)c2cccc(F)c2)c1F.